The van der Waals surface area contributed by atoms with Crippen LogP contribution in [0.25, 0.3) is 0 Å². The number of esters is 1. The summed E-state index contributed by atoms with van der Waals surface area (Å²) in [5.41, 5.74) is 0. The molecule has 0 spiro atoms. The second-order valence-corrected chi connectivity index (χ2v) is 6.63. The standard InChI is InChI=1S/C15H29FO2S/c1-5-8-13(16)9-7-10-19-14(6-2)15(17)18-11-12(3)4/h12-14H,5-11H2,1-4H3. The molecule has 0 heterocycles. The van der Waals surface area contributed by atoms with Crippen LogP contribution in [-0.2, 0) is 9.53 Å². The highest BCUT2D eigenvalue weighted by Gasteiger charge is 2.18. The third-order valence-corrected chi connectivity index (χ3v) is 4.23. The second kappa shape index (κ2) is 11.6. The average Bonchev–Trinajstić information content (AvgIpc) is 2.36. The molecule has 2 nitrogen and oxygen atoms in total. The van der Waals surface area contributed by atoms with Gasteiger partial charge >= 0.3 is 5.97 Å². The van der Waals surface area contributed by atoms with Gasteiger partial charge in [0.15, 0.2) is 0 Å². The van der Waals surface area contributed by atoms with Gasteiger partial charge in [-0.3, -0.25) is 4.79 Å². The predicted octanol–water partition coefficient (Wildman–Crippen LogP) is 4.62. The molecule has 0 aromatic carbocycles. The minimum absolute atomic E-state index is 0.0945. The summed E-state index contributed by atoms with van der Waals surface area (Å²) in [5.74, 6) is 1.08. The van der Waals surface area contributed by atoms with Crippen LogP contribution in [0.5, 0.6) is 0 Å². The molecule has 0 saturated carbocycles. The number of thioether (sulfide) groups is 1. The fraction of sp³-hybridized carbons (Fsp3) is 0.933. The molecule has 0 aliphatic heterocycles. The van der Waals surface area contributed by atoms with Crippen molar-refractivity contribution >= 4 is 17.7 Å². The SMILES string of the molecule is CCCC(F)CCCSC(CC)C(=O)OCC(C)C. The van der Waals surface area contributed by atoms with Crippen molar-refractivity contribution < 1.29 is 13.9 Å². The van der Waals surface area contributed by atoms with Crippen molar-refractivity contribution in [1.29, 1.82) is 0 Å². The van der Waals surface area contributed by atoms with Crippen LogP contribution in [0, 0.1) is 5.92 Å². The third kappa shape index (κ3) is 10.2. The summed E-state index contributed by atoms with van der Waals surface area (Å²) in [5, 5.41) is -0.0945. The minimum Gasteiger partial charge on any atom is -0.465 e. The third-order valence-electron chi connectivity index (χ3n) is 2.78. The Morgan fingerprint density at radius 3 is 2.47 bits per heavy atom. The van der Waals surface area contributed by atoms with Crippen LogP contribution in [0.1, 0.15) is 59.8 Å². The summed E-state index contributed by atoms with van der Waals surface area (Å²) < 4.78 is 18.5. The second-order valence-electron chi connectivity index (χ2n) is 5.32. The van der Waals surface area contributed by atoms with Crippen molar-refractivity contribution in [3.63, 3.8) is 0 Å². The maximum Gasteiger partial charge on any atom is 0.319 e. The monoisotopic (exact) mass is 292 g/mol. The number of halogens is 1. The van der Waals surface area contributed by atoms with Crippen LogP contribution in [-0.4, -0.2) is 29.8 Å². The lowest BCUT2D eigenvalue weighted by molar-refractivity contribution is -0.144. The summed E-state index contributed by atoms with van der Waals surface area (Å²) in [6.07, 6.45) is 3.08. The molecule has 0 aliphatic carbocycles. The van der Waals surface area contributed by atoms with Gasteiger partial charge in [-0.15, -0.1) is 11.8 Å². The largest absolute Gasteiger partial charge is 0.465 e. The molecule has 114 valence electrons. The number of carbonyl (C=O) groups is 1. The van der Waals surface area contributed by atoms with E-state index in [1.165, 1.54) is 0 Å². The van der Waals surface area contributed by atoms with Crippen LogP contribution in [0.4, 0.5) is 4.39 Å². The van der Waals surface area contributed by atoms with E-state index in [4.69, 9.17) is 4.74 Å². The molecule has 0 fully saturated rings. The Morgan fingerprint density at radius 2 is 1.95 bits per heavy atom. The molecule has 0 rings (SSSR count). The van der Waals surface area contributed by atoms with Gasteiger partial charge in [-0.05, 0) is 37.4 Å². The van der Waals surface area contributed by atoms with E-state index < -0.39 is 6.17 Å². The molecule has 0 aromatic heterocycles. The number of rotatable bonds is 11. The van der Waals surface area contributed by atoms with Crippen LogP contribution >= 0.6 is 11.8 Å². The van der Waals surface area contributed by atoms with Crippen molar-refractivity contribution in [1.82, 2.24) is 0 Å². The first-order valence-corrected chi connectivity index (χ1v) is 8.48. The smallest absolute Gasteiger partial charge is 0.319 e. The molecule has 2 atom stereocenters. The van der Waals surface area contributed by atoms with Gasteiger partial charge in [0.05, 0.1) is 6.61 Å². The van der Waals surface area contributed by atoms with E-state index in [1.54, 1.807) is 11.8 Å². The Bertz CT molecular complexity index is 234. The lowest BCUT2D eigenvalue weighted by Crippen LogP contribution is -2.22. The minimum atomic E-state index is -0.682. The van der Waals surface area contributed by atoms with E-state index in [1.807, 2.05) is 27.7 Å². The number of alkyl halides is 1. The highest BCUT2D eigenvalue weighted by atomic mass is 32.2. The normalized spacial score (nSPS) is 14.4. The van der Waals surface area contributed by atoms with Crippen molar-refractivity contribution in [2.75, 3.05) is 12.4 Å². The van der Waals surface area contributed by atoms with E-state index in [0.717, 1.165) is 25.0 Å². The lowest BCUT2D eigenvalue weighted by Gasteiger charge is -2.15. The first-order chi connectivity index (χ1) is 9.01. The van der Waals surface area contributed by atoms with Crippen molar-refractivity contribution in [2.24, 2.45) is 5.92 Å². The summed E-state index contributed by atoms with van der Waals surface area (Å²) in [6.45, 7) is 8.52. The molecule has 0 aliphatic rings. The molecular formula is C15H29FO2S. The Balaban J connectivity index is 3.77. The maximum atomic E-state index is 13.3. The molecule has 4 heteroatoms. The molecular weight excluding hydrogens is 263 g/mol. The first kappa shape index (κ1) is 18.8. The average molecular weight is 292 g/mol. The van der Waals surface area contributed by atoms with Gasteiger partial charge in [0.2, 0.25) is 0 Å². The van der Waals surface area contributed by atoms with Gasteiger partial charge in [0, 0.05) is 0 Å². The number of hydrogen-bond acceptors (Lipinski definition) is 3. The topological polar surface area (TPSA) is 26.3 Å². The summed E-state index contributed by atoms with van der Waals surface area (Å²) in [4.78, 5) is 11.8. The zero-order valence-corrected chi connectivity index (χ0v) is 13.6. The zero-order chi connectivity index (χ0) is 14.7. The fourth-order valence-electron chi connectivity index (χ4n) is 1.68. The zero-order valence-electron chi connectivity index (χ0n) is 12.8. The van der Waals surface area contributed by atoms with Gasteiger partial charge < -0.3 is 4.74 Å². The summed E-state index contributed by atoms with van der Waals surface area (Å²) >= 11 is 1.60. The van der Waals surface area contributed by atoms with Gasteiger partial charge in [-0.1, -0.05) is 34.1 Å². The van der Waals surface area contributed by atoms with Crippen molar-refractivity contribution in [3.8, 4) is 0 Å². The van der Waals surface area contributed by atoms with Crippen LogP contribution in [0.15, 0.2) is 0 Å². The van der Waals surface area contributed by atoms with Gasteiger partial charge in [0.1, 0.15) is 11.4 Å². The van der Waals surface area contributed by atoms with Gasteiger partial charge in [-0.25, -0.2) is 4.39 Å². The highest BCUT2D eigenvalue weighted by Crippen LogP contribution is 2.20. The van der Waals surface area contributed by atoms with Gasteiger partial charge in [0.25, 0.3) is 0 Å². The van der Waals surface area contributed by atoms with Crippen LogP contribution in [0.3, 0.4) is 0 Å². The Labute approximate surface area is 121 Å². The maximum absolute atomic E-state index is 13.3. The van der Waals surface area contributed by atoms with E-state index in [2.05, 4.69) is 0 Å². The highest BCUT2D eigenvalue weighted by molar-refractivity contribution is 8.00. The molecule has 19 heavy (non-hydrogen) atoms. The summed E-state index contributed by atoms with van der Waals surface area (Å²) in [6, 6.07) is 0. The molecule has 0 aromatic rings. The molecule has 0 amide bonds. The Kier molecular flexibility index (Phi) is 11.4. The number of ether oxygens (including phenoxy) is 1. The lowest BCUT2D eigenvalue weighted by atomic mass is 10.1. The molecule has 0 N–H and O–H groups in total. The van der Waals surface area contributed by atoms with E-state index in [9.17, 15) is 9.18 Å². The number of carbonyl (C=O) groups excluding carboxylic acids is 1. The van der Waals surface area contributed by atoms with E-state index in [-0.39, 0.29) is 11.2 Å². The van der Waals surface area contributed by atoms with Gasteiger partial charge in [-0.2, -0.15) is 0 Å². The molecule has 0 saturated heterocycles. The Morgan fingerprint density at radius 1 is 1.26 bits per heavy atom. The molecule has 0 radical (unpaired) electrons. The summed E-state index contributed by atoms with van der Waals surface area (Å²) in [7, 11) is 0. The molecule has 2 unspecified atom stereocenters. The molecule has 0 bridgehead atoms. The number of hydrogen-bond donors (Lipinski definition) is 0. The van der Waals surface area contributed by atoms with Crippen LogP contribution < -0.4 is 0 Å². The van der Waals surface area contributed by atoms with E-state index >= 15 is 0 Å². The quantitative estimate of drug-likeness (QED) is 0.411. The van der Waals surface area contributed by atoms with Crippen molar-refractivity contribution in [2.45, 2.75) is 71.2 Å². The van der Waals surface area contributed by atoms with E-state index in [0.29, 0.717) is 25.4 Å². The van der Waals surface area contributed by atoms with Crippen molar-refractivity contribution in [3.05, 3.63) is 0 Å². The first-order valence-electron chi connectivity index (χ1n) is 7.43. The van der Waals surface area contributed by atoms with Crippen LogP contribution in [0.2, 0.25) is 0 Å². The Hall–Kier alpha value is -0.250. The predicted molar refractivity (Wildman–Crippen MR) is 81.4 cm³/mol. The fourth-order valence-corrected chi connectivity index (χ4v) is 2.74.